The molecule has 0 spiro atoms. The van der Waals surface area contributed by atoms with Gasteiger partial charge >= 0.3 is 0 Å². The molecule has 1 saturated heterocycles. The third-order valence-electron chi connectivity index (χ3n) is 5.77. The van der Waals surface area contributed by atoms with E-state index in [1.165, 1.54) is 4.88 Å². The van der Waals surface area contributed by atoms with Gasteiger partial charge in [-0.25, -0.2) is 4.68 Å². The predicted octanol–water partition coefficient (Wildman–Crippen LogP) is 3.61. The number of ether oxygens (including phenoxy) is 1. The summed E-state index contributed by atoms with van der Waals surface area (Å²) < 4.78 is 7.31. The third kappa shape index (κ3) is 4.19. The fraction of sp³-hybridized carbons (Fsp3) is 0.391. The largest absolute Gasteiger partial charge is 0.379 e. The molecule has 0 bridgehead atoms. The molecule has 5 rings (SSSR count). The van der Waals surface area contributed by atoms with Crippen LogP contribution < -0.4 is 5.32 Å². The van der Waals surface area contributed by atoms with Crippen molar-refractivity contribution < 1.29 is 9.53 Å². The number of nitrogens with one attached hydrogen (secondary N) is 1. The molecule has 1 aliphatic carbocycles. The number of aromatic nitrogens is 2. The van der Waals surface area contributed by atoms with E-state index < -0.39 is 0 Å². The highest BCUT2D eigenvalue weighted by molar-refractivity contribution is 7.10. The van der Waals surface area contributed by atoms with Crippen molar-refractivity contribution in [1.82, 2.24) is 20.0 Å². The molecule has 2 aliphatic rings. The van der Waals surface area contributed by atoms with Gasteiger partial charge in [0.15, 0.2) is 0 Å². The lowest BCUT2D eigenvalue weighted by Gasteiger charge is -2.34. The predicted molar refractivity (Wildman–Crippen MR) is 117 cm³/mol. The lowest BCUT2D eigenvalue weighted by Crippen LogP contribution is -2.43. The summed E-state index contributed by atoms with van der Waals surface area (Å²) in [5, 5.41) is 10.0. The van der Waals surface area contributed by atoms with Crippen molar-refractivity contribution in [1.29, 1.82) is 0 Å². The third-order valence-corrected chi connectivity index (χ3v) is 6.74. The molecular weight excluding hydrogens is 396 g/mol. The molecule has 30 heavy (non-hydrogen) atoms. The molecule has 6 nitrogen and oxygen atoms in total. The van der Waals surface area contributed by atoms with Gasteiger partial charge in [0.2, 0.25) is 0 Å². The number of para-hydroxylation sites is 1. The summed E-state index contributed by atoms with van der Waals surface area (Å²) in [5.74, 6) is 0.418. The second kappa shape index (κ2) is 8.71. The first-order valence-corrected chi connectivity index (χ1v) is 11.5. The van der Waals surface area contributed by atoms with E-state index in [-0.39, 0.29) is 11.9 Å². The highest BCUT2D eigenvalue weighted by Crippen LogP contribution is 2.39. The Morgan fingerprint density at radius 2 is 1.97 bits per heavy atom. The number of amides is 1. The molecule has 1 N–H and O–H groups in total. The average molecular weight is 423 g/mol. The Labute approximate surface area is 180 Å². The molecule has 1 aliphatic heterocycles. The fourth-order valence-corrected chi connectivity index (χ4v) is 4.83. The van der Waals surface area contributed by atoms with Crippen LogP contribution in [0.4, 0.5) is 0 Å². The molecule has 156 valence electrons. The van der Waals surface area contributed by atoms with Crippen LogP contribution in [-0.4, -0.2) is 53.4 Å². The average Bonchev–Trinajstić information content (AvgIpc) is 3.32. The van der Waals surface area contributed by atoms with E-state index in [1.807, 2.05) is 36.4 Å². The molecule has 3 heterocycles. The molecule has 1 atom stereocenters. The number of rotatable bonds is 7. The van der Waals surface area contributed by atoms with Crippen LogP contribution in [0.25, 0.3) is 5.69 Å². The van der Waals surface area contributed by atoms with Crippen molar-refractivity contribution in [3.05, 3.63) is 70.2 Å². The molecule has 2 fully saturated rings. The van der Waals surface area contributed by atoms with Crippen molar-refractivity contribution in [2.24, 2.45) is 0 Å². The van der Waals surface area contributed by atoms with Gasteiger partial charge < -0.3 is 10.1 Å². The first kappa shape index (κ1) is 19.5. The van der Waals surface area contributed by atoms with Gasteiger partial charge in [-0.1, -0.05) is 24.3 Å². The minimum atomic E-state index is -0.0759. The SMILES string of the molecule is O=C(NC[C@H](c1cccs1)N1CCOCC1)c1cc(C2CC2)nn1-c1ccccc1. The summed E-state index contributed by atoms with van der Waals surface area (Å²) in [7, 11) is 0. The lowest BCUT2D eigenvalue weighted by atomic mass is 10.2. The van der Waals surface area contributed by atoms with E-state index in [0.717, 1.165) is 50.5 Å². The maximum absolute atomic E-state index is 13.2. The Bertz CT molecular complexity index is 976. The number of carbonyl (C=O) groups is 1. The summed E-state index contributed by atoms with van der Waals surface area (Å²) in [6, 6.07) is 16.2. The van der Waals surface area contributed by atoms with Crippen LogP contribution in [0.2, 0.25) is 0 Å². The first-order chi connectivity index (χ1) is 14.8. The Hall–Kier alpha value is -2.48. The molecule has 1 saturated carbocycles. The van der Waals surface area contributed by atoms with Crippen molar-refractivity contribution in [2.75, 3.05) is 32.8 Å². The van der Waals surface area contributed by atoms with Crippen LogP contribution in [0.5, 0.6) is 0 Å². The summed E-state index contributed by atoms with van der Waals surface area (Å²) in [6.45, 7) is 3.80. The van der Waals surface area contributed by atoms with Crippen molar-refractivity contribution in [3.63, 3.8) is 0 Å². The van der Waals surface area contributed by atoms with E-state index >= 15 is 0 Å². The van der Waals surface area contributed by atoms with E-state index in [1.54, 1.807) is 16.0 Å². The molecule has 3 aromatic rings. The van der Waals surface area contributed by atoms with Gasteiger partial charge in [-0.05, 0) is 42.5 Å². The van der Waals surface area contributed by atoms with Crippen LogP contribution in [0.1, 0.15) is 45.9 Å². The Balaban J connectivity index is 1.36. The lowest BCUT2D eigenvalue weighted by molar-refractivity contribution is 0.0169. The van der Waals surface area contributed by atoms with Gasteiger partial charge in [-0.2, -0.15) is 5.10 Å². The van der Waals surface area contributed by atoms with E-state index in [2.05, 4.69) is 27.7 Å². The van der Waals surface area contributed by atoms with E-state index in [4.69, 9.17) is 9.84 Å². The zero-order chi connectivity index (χ0) is 20.3. The van der Waals surface area contributed by atoms with Gasteiger partial charge in [0, 0.05) is 30.4 Å². The Kier molecular flexibility index (Phi) is 5.66. The highest BCUT2D eigenvalue weighted by Gasteiger charge is 2.30. The second-order valence-electron chi connectivity index (χ2n) is 7.87. The fourth-order valence-electron chi connectivity index (χ4n) is 3.97. The summed E-state index contributed by atoms with van der Waals surface area (Å²) in [4.78, 5) is 16.9. The number of carbonyl (C=O) groups excluding carboxylic acids is 1. The monoisotopic (exact) mass is 422 g/mol. The summed E-state index contributed by atoms with van der Waals surface area (Å²) in [6.07, 6.45) is 2.31. The van der Waals surface area contributed by atoms with Gasteiger partial charge in [-0.15, -0.1) is 11.3 Å². The Morgan fingerprint density at radius 1 is 1.17 bits per heavy atom. The van der Waals surface area contributed by atoms with Gasteiger partial charge in [0.25, 0.3) is 5.91 Å². The first-order valence-electron chi connectivity index (χ1n) is 10.6. The minimum absolute atomic E-state index is 0.0759. The number of nitrogens with zero attached hydrogens (tertiary/aromatic N) is 3. The molecule has 1 amide bonds. The van der Waals surface area contributed by atoms with Crippen LogP contribution in [0, 0.1) is 0 Å². The van der Waals surface area contributed by atoms with Crippen molar-refractivity contribution >= 4 is 17.2 Å². The molecule has 0 unspecified atom stereocenters. The maximum Gasteiger partial charge on any atom is 0.270 e. The van der Waals surface area contributed by atoms with Crippen molar-refractivity contribution in [3.8, 4) is 5.69 Å². The second-order valence-corrected chi connectivity index (χ2v) is 8.84. The van der Waals surface area contributed by atoms with Crippen molar-refractivity contribution in [2.45, 2.75) is 24.8 Å². The number of benzene rings is 1. The van der Waals surface area contributed by atoms with Crippen LogP contribution in [0.15, 0.2) is 53.9 Å². The normalized spacial score (nSPS) is 18.3. The van der Waals surface area contributed by atoms with Gasteiger partial charge in [0.1, 0.15) is 5.69 Å². The van der Waals surface area contributed by atoms with E-state index in [0.29, 0.717) is 18.2 Å². The Morgan fingerprint density at radius 3 is 2.67 bits per heavy atom. The maximum atomic E-state index is 13.2. The number of morpholine rings is 1. The summed E-state index contributed by atoms with van der Waals surface area (Å²) in [5.41, 5.74) is 2.54. The topological polar surface area (TPSA) is 59.4 Å². The number of thiophene rings is 1. The van der Waals surface area contributed by atoms with Crippen LogP contribution >= 0.6 is 11.3 Å². The molecule has 2 aromatic heterocycles. The summed E-state index contributed by atoms with van der Waals surface area (Å²) >= 11 is 1.74. The number of hydrogen-bond acceptors (Lipinski definition) is 5. The van der Waals surface area contributed by atoms with Gasteiger partial charge in [-0.3, -0.25) is 9.69 Å². The number of hydrogen-bond donors (Lipinski definition) is 1. The zero-order valence-corrected chi connectivity index (χ0v) is 17.7. The van der Waals surface area contributed by atoms with Gasteiger partial charge in [0.05, 0.1) is 30.6 Å². The van der Waals surface area contributed by atoms with Crippen LogP contribution in [0.3, 0.4) is 0 Å². The highest BCUT2D eigenvalue weighted by atomic mass is 32.1. The van der Waals surface area contributed by atoms with Crippen LogP contribution in [-0.2, 0) is 4.74 Å². The molecule has 1 aromatic carbocycles. The minimum Gasteiger partial charge on any atom is -0.379 e. The molecular formula is C23H26N4O2S. The smallest absolute Gasteiger partial charge is 0.270 e. The molecule has 7 heteroatoms. The zero-order valence-electron chi connectivity index (χ0n) is 16.9. The standard InChI is InChI=1S/C23H26N4O2S/c28-23(24-16-21(22-7-4-14-30-22)26-10-12-29-13-11-26)20-15-19(17-8-9-17)25-27(20)18-5-2-1-3-6-18/h1-7,14-15,17,21H,8-13,16H2,(H,24,28)/t21-/m1/s1. The van der Waals surface area contributed by atoms with E-state index in [9.17, 15) is 4.79 Å². The molecule has 0 radical (unpaired) electrons. The quantitative estimate of drug-likeness (QED) is 0.632.